The van der Waals surface area contributed by atoms with Crippen LogP contribution in [0.3, 0.4) is 0 Å². The molecule has 1 aliphatic carbocycles. The van der Waals surface area contributed by atoms with Gasteiger partial charge in [0.05, 0.1) is 11.9 Å². The molecule has 1 aliphatic rings. The third-order valence-corrected chi connectivity index (χ3v) is 4.17. The van der Waals surface area contributed by atoms with Crippen molar-refractivity contribution in [2.24, 2.45) is 11.8 Å². The van der Waals surface area contributed by atoms with Gasteiger partial charge in [0.2, 0.25) is 0 Å². The summed E-state index contributed by atoms with van der Waals surface area (Å²) in [5, 5.41) is 14.4. The predicted molar refractivity (Wildman–Crippen MR) is 79.3 cm³/mol. The summed E-state index contributed by atoms with van der Waals surface area (Å²) in [7, 11) is 0. The number of nitrogens with one attached hydrogen (secondary N) is 2. The Hall–Kier alpha value is -2.11. The lowest BCUT2D eigenvalue weighted by atomic mass is 9.79. The standard InChI is InChI=1S/C15H21N3O3/c1-9-3-4-11(7-10(9)2)17-15(21)18-12-5-6-13(14(19)20)16-8-12/h5-6,8-11H,3-4,7H2,1-2H3,(H,19,20)(H2,17,18,21). The predicted octanol–water partition coefficient (Wildman–Crippen LogP) is 2.73. The second-order valence-corrected chi connectivity index (χ2v) is 5.80. The van der Waals surface area contributed by atoms with Crippen LogP contribution in [0.5, 0.6) is 0 Å². The molecule has 0 aromatic carbocycles. The molecule has 1 heterocycles. The lowest BCUT2D eigenvalue weighted by Crippen LogP contribution is -2.41. The van der Waals surface area contributed by atoms with E-state index in [1.165, 1.54) is 18.3 Å². The SMILES string of the molecule is CC1CCC(NC(=O)Nc2ccc(C(=O)O)nc2)CC1C. The summed E-state index contributed by atoms with van der Waals surface area (Å²) in [6.45, 7) is 4.46. The van der Waals surface area contributed by atoms with E-state index in [1.54, 1.807) is 0 Å². The van der Waals surface area contributed by atoms with Crippen LogP contribution in [0.2, 0.25) is 0 Å². The van der Waals surface area contributed by atoms with Gasteiger partial charge in [-0.2, -0.15) is 0 Å². The largest absolute Gasteiger partial charge is 0.477 e. The average Bonchev–Trinajstić information content (AvgIpc) is 2.43. The van der Waals surface area contributed by atoms with Crippen molar-refractivity contribution >= 4 is 17.7 Å². The minimum absolute atomic E-state index is 0.0453. The van der Waals surface area contributed by atoms with E-state index in [4.69, 9.17) is 5.11 Å². The highest BCUT2D eigenvalue weighted by atomic mass is 16.4. The Morgan fingerprint density at radius 2 is 2.00 bits per heavy atom. The molecule has 0 aliphatic heterocycles. The van der Waals surface area contributed by atoms with E-state index in [0.717, 1.165) is 19.3 Å². The van der Waals surface area contributed by atoms with E-state index < -0.39 is 5.97 Å². The van der Waals surface area contributed by atoms with Crippen molar-refractivity contribution in [1.82, 2.24) is 10.3 Å². The molecule has 0 bridgehead atoms. The second-order valence-electron chi connectivity index (χ2n) is 5.80. The summed E-state index contributed by atoms with van der Waals surface area (Å²) in [6, 6.07) is 2.82. The van der Waals surface area contributed by atoms with E-state index in [-0.39, 0.29) is 17.8 Å². The molecular weight excluding hydrogens is 270 g/mol. The smallest absolute Gasteiger partial charge is 0.354 e. The van der Waals surface area contributed by atoms with Crippen LogP contribution in [0.1, 0.15) is 43.6 Å². The Bertz CT molecular complexity index is 515. The van der Waals surface area contributed by atoms with Crippen molar-refractivity contribution < 1.29 is 14.7 Å². The van der Waals surface area contributed by atoms with E-state index in [2.05, 4.69) is 29.5 Å². The van der Waals surface area contributed by atoms with Crippen molar-refractivity contribution in [3.05, 3.63) is 24.0 Å². The highest BCUT2D eigenvalue weighted by Gasteiger charge is 2.25. The number of rotatable bonds is 3. The van der Waals surface area contributed by atoms with Gasteiger partial charge in [-0.25, -0.2) is 14.6 Å². The first-order valence-corrected chi connectivity index (χ1v) is 7.22. The van der Waals surface area contributed by atoms with Gasteiger partial charge < -0.3 is 15.7 Å². The number of pyridine rings is 1. The number of anilines is 1. The molecule has 1 fully saturated rings. The number of amides is 2. The number of carboxylic acids is 1. The molecular formula is C15H21N3O3. The monoisotopic (exact) mass is 291 g/mol. The number of carboxylic acid groups (broad SMARTS) is 1. The fourth-order valence-corrected chi connectivity index (χ4v) is 2.63. The summed E-state index contributed by atoms with van der Waals surface area (Å²) in [5.41, 5.74) is 0.436. The maximum absolute atomic E-state index is 11.9. The maximum Gasteiger partial charge on any atom is 0.354 e. The molecule has 2 rings (SSSR count). The molecule has 3 N–H and O–H groups in total. The van der Waals surface area contributed by atoms with Gasteiger partial charge in [-0.15, -0.1) is 0 Å². The number of hydrogen-bond acceptors (Lipinski definition) is 3. The van der Waals surface area contributed by atoms with E-state index in [0.29, 0.717) is 17.5 Å². The van der Waals surface area contributed by atoms with Crippen molar-refractivity contribution in [1.29, 1.82) is 0 Å². The van der Waals surface area contributed by atoms with Crippen LogP contribution in [-0.2, 0) is 0 Å². The van der Waals surface area contributed by atoms with Crippen LogP contribution in [0.4, 0.5) is 10.5 Å². The molecule has 2 amide bonds. The second kappa shape index (κ2) is 6.56. The number of carbonyl (C=O) groups excluding carboxylic acids is 1. The molecule has 3 unspecified atom stereocenters. The zero-order valence-electron chi connectivity index (χ0n) is 12.3. The minimum Gasteiger partial charge on any atom is -0.477 e. The van der Waals surface area contributed by atoms with Gasteiger partial charge in [0.25, 0.3) is 0 Å². The first-order valence-electron chi connectivity index (χ1n) is 7.22. The Morgan fingerprint density at radius 3 is 2.57 bits per heavy atom. The molecule has 1 aromatic rings. The van der Waals surface area contributed by atoms with Crippen LogP contribution in [-0.4, -0.2) is 28.1 Å². The van der Waals surface area contributed by atoms with Crippen molar-refractivity contribution in [3.63, 3.8) is 0 Å². The quantitative estimate of drug-likeness (QED) is 0.798. The van der Waals surface area contributed by atoms with Gasteiger partial charge in [-0.3, -0.25) is 0 Å². The van der Waals surface area contributed by atoms with Gasteiger partial charge in [0, 0.05) is 6.04 Å². The zero-order valence-corrected chi connectivity index (χ0v) is 12.3. The molecule has 21 heavy (non-hydrogen) atoms. The Balaban J connectivity index is 1.85. The van der Waals surface area contributed by atoms with E-state index >= 15 is 0 Å². The lowest BCUT2D eigenvalue weighted by Gasteiger charge is -2.32. The van der Waals surface area contributed by atoms with Crippen LogP contribution < -0.4 is 10.6 Å². The molecule has 0 radical (unpaired) electrons. The summed E-state index contributed by atoms with van der Waals surface area (Å²) in [6.07, 6.45) is 4.45. The fourth-order valence-electron chi connectivity index (χ4n) is 2.63. The first-order chi connectivity index (χ1) is 9.95. The van der Waals surface area contributed by atoms with Gasteiger partial charge >= 0.3 is 12.0 Å². The molecule has 3 atom stereocenters. The summed E-state index contributed by atoms with van der Waals surface area (Å²) in [5.74, 6) is 0.232. The highest BCUT2D eigenvalue weighted by Crippen LogP contribution is 2.29. The van der Waals surface area contributed by atoms with Crippen molar-refractivity contribution in [2.45, 2.75) is 39.2 Å². The molecule has 0 spiro atoms. The third-order valence-electron chi connectivity index (χ3n) is 4.17. The summed E-state index contributed by atoms with van der Waals surface area (Å²) < 4.78 is 0. The van der Waals surface area contributed by atoms with Crippen LogP contribution in [0.15, 0.2) is 18.3 Å². The van der Waals surface area contributed by atoms with E-state index in [1.807, 2.05) is 0 Å². The average molecular weight is 291 g/mol. The normalized spacial score (nSPS) is 25.1. The molecule has 1 saturated carbocycles. The summed E-state index contributed by atoms with van der Waals surface area (Å²) >= 11 is 0. The molecule has 6 heteroatoms. The van der Waals surface area contributed by atoms with Crippen LogP contribution in [0.25, 0.3) is 0 Å². The van der Waals surface area contributed by atoms with E-state index in [9.17, 15) is 9.59 Å². The molecule has 0 saturated heterocycles. The Morgan fingerprint density at radius 1 is 1.24 bits per heavy atom. The molecule has 1 aromatic heterocycles. The molecule has 114 valence electrons. The fraction of sp³-hybridized carbons (Fsp3) is 0.533. The highest BCUT2D eigenvalue weighted by molar-refractivity contribution is 5.90. The van der Waals surface area contributed by atoms with Crippen LogP contribution >= 0.6 is 0 Å². The van der Waals surface area contributed by atoms with Gasteiger partial charge in [-0.1, -0.05) is 13.8 Å². The van der Waals surface area contributed by atoms with Crippen molar-refractivity contribution in [3.8, 4) is 0 Å². The first kappa shape index (κ1) is 15.3. The molecule has 6 nitrogen and oxygen atoms in total. The Labute approximate surface area is 124 Å². The van der Waals surface area contributed by atoms with Gasteiger partial charge in [-0.05, 0) is 43.2 Å². The zero-order chi connectivity index (χ0) is 15.4. The van der Waals surface area contributed by atoms with Gasteiger partial charge in [0.1, 0.15) is 5.69 Å². The topological polar surface area (TPSA) is 91.3 Å². The number of aromatic nitrogens is 1. The number of urea groups is 1. The number of hydrogen-bond donors (Lipinski definition) is 3. The van der Waals surface area contributed by atoms with Gasteiger partial charge in [0.15, 0.2) is 0 Å². The Kier molecular flexibility index (Phi) is 4.77. The third kappa shape index (κ3) is 4.18. The minimum atomic E-state index is -1.09. The summed E-state index contributed by atoms with van der Waals surface area (Å²) in [4.78, 5) is 26.4. The van der Waals surface area contributed by atoms with Crippen LogP contribution in [0, 0.1) is 11.8 Å². The number of aromatic carboxylic acids is 1. The number of nitrogens with zero attached hydrogens (tertiary/aromatic N) is 1. The maximum atomic E-state index is 11.9. The number of carbonyl (C=O) groups is 2. The van der Waals surface area contributed by atoms with Crippen molar-refractivity contribution in [2.75, 3.05) is 5.32 Å². The lowest BCUT2D eigenvalue weighted by molar-refractivity contribution is 0.0690.